The van der Waals surface area contributed by atoms with Crippen LogP contribution in [0.1, 0.15) is 87.7 Å². The Morgan fingerprint density at radius 1 is 1.21 bits per heavy atom. The molecule has 48 heavy (non-hydrogen) atoms. The number of allylic oxidation sites excluding steroid dienone is 1. The summed E-state index contributed by atoms with van der Waals surface area (Å²) >= 11 is 6.47. The van der Waals surface area contributed by atoms with E-state index in [-0.39, 0.29) is 40.1 Å². The van der Waals surface area contributed by atoms with E-state index in [0.717, 1.165) is 55.1 Å². The van der Waals surface area contributed by atoms with Gasteiger partial charge in [-0.25, -0.2) is 4.21 Å². The van der Waals surface area contributed by atoms with Crippen molar-refractivity contribution in [2.45, 2.75) is 88.9 Å². The van der Waals surface area contributed by atoms with Crippen molar-refractivity contribution >= 4 is 44.6 Å². The fraction of sp³-hybridized carbons (Fsp3) is 0.564. The zero-order chi connectivity index (χ0) is 34.4. The smallest absolute Gasteiger partial charge is 0.262 e. The van der Waals surface area contributed by atoms with E-state index in [1.165, 1.54) is 11.1 Å². The lowest BCUT2D eigenvalue weighted by atomic mass is 9.62. The minimum atomic E-state index is -2.98. The molecule has 1 N–H and O–H groups in total. The molecule has 0 radical (unpaired) electrons. The molecule has 1 saturated carbocycles. The summed E-state index contributed by atoms with van der Waals surface area (Å²) in [6.45, 7) is 9.76. The monoisotopic (exact) mass is 694 g/mol. The quantitative estimate of drug-likeness (QED) is 0.270. The zero-order valence-corrected chi connectivity index (χ0v) is 30.6. The van der Waals surface area contributed by atoms with E-state index in [1.807, 2.05) is 45.9 Å². The summed E-state index contributed by atoms with van der Waals surface area (Å²) in [4.78, 5) is 29.5. The topological polar surface area (TPSA) is 84.9 Å². The Bertz CT molecular complexity index is 1710. The van der Waals surface area contributed by atoms with Crippen molar-refractivity contribution in [3.8, 4) is 5.75 Å². The van der Waals surface area contributed by atoms with Crippen LogP contribution >= 0.6 is 11.6 Å². The fourth-order valence-corrected chi connectivity index (χ4v) is 10.1. The second kappa shape index (κ2) is 13.5. The first-order valence-corrected chi connectivity index (χ1v) is 19.7. The minimum absolute atomic E-state index is 0.0348. The molecule has 7 atom stereocenters. The number of methoxy groups -OCH3 is 1. The normalized spacial score (nSPS) is 34.2. The van der Waals surface area contributed by atoms with Crippen molar-refractivity contribution < 1.29 is 23.3 Å². The fourth-order valence-electron chi connectivity index (χ4n) is 8.41. The molecule has 1 fully saturated rings. The molecule has 6 rings (SSSR count). The standard InChI is InChI=1S/C39H51ClN2O5S/c1-25(2)35(43)21-39(46-5)18-7-9-26(3)27(4)48(6,45)41-37(44)29-12-16-36-34(20-29)42(22-30-11-14-33(30)39)23-38(24-47-36)17-8-10-28-19-31(40)13-15-32(28)38/h7,12-13,15-16,18-20,25-27,30,33H,6,8-11,14,17,21-24H2,1-5H3,(H,41,44,45)/b18-7+/t26-,27+,30-,33+,38-,39-,48?/m0/s1. The Hall–Kier alpha value is -2.81. The molecule has 2 aromatic carbocycles. The number of halogens is 1. The van der Waals surface area contributed by atoms with Gasteiger partial charge in [-0.1, -0.05) is 50.6 Å². The van der Waals surface area contributed by atoms with Crippen molar-refractivity contribution in [1.82, 2.24) is 4.72 Å². The SMILES string of the molecule is C=S1(=O)NC(=O)c2ccc3c(c2)N(C[C@@H]2CC[C@H]2[C@](CC(=O)C(C)C)(OC)/C=C/C[C@H](C)[C@H]1C)C[C@@]1(CCCc2cc(Cl)ccc21)CO3. The maximum Gasteiger partial charge on any atom is 0.262 e. The minimum Gasteiger partial charge on any atom is -0.490 e. The van der Waals surface area contributed by atoms with Gasteiger partial charge in [-0.2, -0.15) is 0 Å². The highest BCUT2D eigenvalue weighted by Gasteiger charge is 2.50. The first kappa shape index (κ1) is 35.0. The van der Waals surface area contributed by atoms with Crippen LogP contribution < -0.4 is 14.4 Å². The third-order valence-corrected chi connectivity index (χ3v) is 14.3. The van der Waals surface area contributed by atoms with Crippen LogP contribution in [0.15, 0.2) is 48.6 Å². The van der Waals surface area contributed by atoms with Crippen LogP contribution in [-0.4, -0.2) is 59.4 Å². The van der Waals surface area contributed by atoms with Gasteiger partial charge < -0.3 is 14.4 Å². The van der Waals surface area contributed by atoms with Crippen LogP contribution in [0.2, 0.25) is 5.02 Å². The van der Waals surface area contributed by atoms with E-state index in [0.29, 0.717) is 31.6 Å². The summed E-state index contributed by atoms with van der Waals surface area (Å²) in [5.74, 6) is 4.77. The van der Waals surface area contributed by atoms with Crippen LogP contribution in [0.25, 0.3) is 0 Å². The van der Waals surface area contributed by atoms with E-state index in [1.54, 1.807) is 13.2 Å². The number of anilines is 1. The third-order valence-electron chi connectivity index (χ3n) is 11.8. The molecule has 1 amide bonds. The Balaban J connectivity index is 1.47. The van der Waals surface area contributed by atoms with E-state index in [2.05, 4.69) is 39.8 Å². The number of aryl methyl sites for hydroxylation is 1. The van der Waals surface area contributed by atoms with Crippen LogP contribution in [0.3, 0.4) is 0 Å². The second-order valence-electron chi connectivity index (χ2n) is 15.2. The largest absolute Gasteiger partial charge is 0.490 e. The Labute approximate surface area is 291 Å². The highest BCUT2D eigenvalue weighted by molar-refractivity contribution is 7.99. The number of nitrogens with one attached hydrogen (secondary N) is 1. The molecule has 0 aromatic heterocycles. The third kappa shape index (κ3) is 6.57. The number of nitrogens with zero attached hydrogens (tertiary/aromatic N) is 1. The molecule has 260 valence electrons. The molecule has 1 spiro atoms. The summed E-state index contributed by atoms with van der Waals surface area (Å²) in [6.07, 6.45) is 10.1. The van der Waals surface area contributed by atoms with E-state index >= 15 is 0 Å². The molecule has 2 heterocycles. The van der Waals surface area contributed by atoms with Crippen molar-refractivity contribution in [2.24, 2.45) is 23.7 Å². The molecule has 0 saturated heterocycles. The number of ketones is 1. The molecule has 2 aliphatic heterocycles. The van der Waals surface area contributed by atoms with Crippen molar-refractivity contribution in [3.05, 3.63) is 70.3 Å². The lowest BCUT2D eigenvalue weighted by Gasteiger charge is -2.50. The lowest BCUT2D eigenvalue weighted by Crippen LogP contribution is -2.54. The summed E-state index contributed by atoms with van der Waals surface area (Å²) < 4.78 is 29.8. The lowest BCUT2D eigenvalue weighted by molar-refractivity contribution is -0.133. The number of ether oxygens (including phenoxy) is 2. The molecule has 1 unspecified atom stereocenters. The number of benzene rings is 2. The van der Waals surface area contributed by atoms with Gasteiger partial charge >= 0.3 is 0 Å². The molecular weight excluding hydrogens is 644 g/mol. The van der Waals surface area contributed by atoms with Gasteiger partial charge in [0.25, 0.3) is 5.91 Å². The Morgan fingerprint density at radius 2 is 2.00 bits per heavy atom. The molecule has 2 bridgehead atoms. The average molecular weight is 695 g/mol. The summed E-state index contributed by atoms with van der Waals surface area (Å²) in [5, 5.41) is 0.359. The van der Waals surface area contributed by atoms with Crippen molar-refractivity contribution in [3.63, 3.8) is 0 Å². The number of carbonyl (C=O) groups is 2. The summed E-state index contributed by atoms with van der Waals surface area (Å²) in [6, 6.07) is 11.8. The predicted octanol–water partition coefficient (Wildman–Crippen LogP) is 7.19. The molecular formula is C39H51ClN2O5S. The van der Waals surface area contributed by atoms with Gasteiger partial charge in [0, 0.05) is 53.8 Å². The molecule has 2 aliphatic carbocycles. The van der Waals surface area contributed by atoms with Crippen LogP contribution in [0.4, 0.5) is 5.69 Å². The van der Waals surface area contributed by atoms with Gasteiger partial charge in [0.2, 0.25) is 0 Å². The van der Waals surface area contributed by atoms with Crippen molar-refractivity contribution in [2.75, 3.05) is 31.7 Å². The molecule has 4 aliphatic rings. The maximum absolute atomic E-state index is 13.9. The van der Waals surface area contributed by atoms with E-state index < -0.39 is 21.2 Å². The number of rotatable bonds is 4. The highest BCUT2D eigenvalue weighted by Crippen LogP contribution is 2.50. The van der Waals surface area contributed by atoms with Gasteiger partial charge in [-0.15, -0.1) is 0 Å². The van der Waals surface area contributed by atoms with Gasteiger partial charge in [-0.05, 0) is 111 Å². The molecule has 7 nitrogen and oxygen atoms in total. The maximum atomic E-state index is 13.9. The van der Waals surface area contributed by atoms with Crippen LogP contribution in [0.5, 0.6) is 5.75 Å². The van der Waals surface area contributed by atoms with Crippen LogP contribution in [-0.2, 0) is 31.1 Å². The molecule has 9 heteroatoms. The van der Waals surface area contributed by atoms with Crippen molar-refractivity contribution in [1.29, 1.82) is 0 Å². The highest BCUT2D eigenvalue weighted by atomic mass is 35.5. The van der Waals surface area contributed by atoms with Crippen LogP contribution in [0, 0.1) is 23.7 Å². The Kier molecular flexibility index (Phi) is 9.84. The number of hydrogen-bond donors (Lipinski definition) is 1. The zero-order valence-electron chi connectivity index (χ0n) is 29.1. The summed E-state index contributed by atoms with van der Waals surface area (Å²) in [5.41, 5.74) is 2.81. The number of hydrogen-bond acceptors (Lipinski definition) is 6. The summed E-state index contributed by atoms with van der Waals surface area (Å²) in [7, 11) is -1.25. The average Bonchev–Trinajstić information content (AvgIpc) is 3.18. The Morgan fingerprint density at radius 3 is 2.71 bits per heavy atom. The molecule has 2 aromatic rings. The number of Topliss-reactive ketones (excluding diaryl/α,β-unsaturated/α-hetero) is 1. The van der Waals surface area contributed by atoms with Gasteiger partial charge in [0.15, 0.2) is 0 Å². The van der Waals surface area contributed by atoms with E-state index in [4.69, 9.17) is 21.1 Å². The van der Waals surface area contributed by atoms with Gasteiger partial charge in [0.05, 0.1) is 27.6 Å². The first-order valence-electron chi connectivity index (χ1n) is 17.5. The van der Waals surface area contributed by atoms with Gasteiger partial charge in [0.1, 0.15) is 11.5 Å². The second-order valence-corrected chi connectivity index (χ2v) is 18.0. The predicted molar refractivity (Wildman–Crippen MR) is 196 cm³/mol. The van der Waals surface area contributed by atoms with E-state index in [9.17, 15) is 13.8 Å². The number of amides is 1. The first-order chi connectivity index (χ1) is 22.8. The number of carbonyl (C=O) groups excluding carboxylic acids is 2. The van der Waals surface area contributed by atoms with Gasteiger partial charge in [-0.3, -0.25) is 14.3 Å². The number of fused-ring (bicyclic) bond motifs is 4.